The summed E-state index contributed by atoms with van der Waals surface area (Å²) in [6.07, 6.45) is 4.07. The minimum atomic E-state index is -0.0625. The molecule has 0 spiro atoms. The van der Waals surface area contributed by atoms with Crippen LogP contribution in [0.4, 0.5) is 0 Å². The van der Waals surface area contributed by atoms with Crippen molar-refractivity contribution in [3.05, 3.63) is 12.3 Å². The average Bonchev–Trinajstić information content (AvgIpc) is 1.76. The fourth-order valence-corrected chi connectivity index (χ4v) is 1.44. The van der Waals surface area contributed by atoms with Crippen LogP contribution >= 0.6 is 0 Å². The summed E-state index contributed by atoms with van der Waals surface area (Å²) >= 11 is -0.0625. The van der Waals surface area contributed by atoms with Gasteiger partial charge in [-0.05, 0) is 0 Å². The Hall–Kier alpha value is -0.0471. The molecule has 0 radical (unpaired) electrons. The summed E-state index contributed by atoms with van der Waals surface area (Å²) in [4.78, 5) is 2.23. The normalized spacial score (nSPS) is 16.0. The molecule has 0 aromatic rings. The summed E-state index contributed by atoms with van der Waals surface area (Å²) < 4.78 is 3.14. The summed E-state index contributed by atoms with van der Waals surface area (Å²) in [6, 6.07) is 0. The number of rotatable bonds is 0. The molecular weight excluding hydrogens is 123 g/mol. The molecule has 0 aliphatic carbocycles. The van der Waals surface area contributed by atoms with E-state index < -0.39 is 0 Å². The molecule has 0 saturated heterocycles. The molecule has 5 heavy (non-hydrogen) atoms. The molecule has 0 aromatic carbocycles. The molecule has 1 aliphatic heterocycles. The first kappa shape index (κ1) is 3.15. The molecule has 0 atom stereocenters. The summed E-state index contributed by atoms with van der Waals surface area (Å²) in [7, 11) is 0. The number of hydrogen-bond donors (Lipinski definition) is 1. The molecule has 1 nitrogen and oxygen atoms in total. The Morgan fingerprint density at radius 3 is 2.80 bits per heavy atom. The van der Waals surface area contributed by atoms with Crippen LogP contribution < -0.4 is 4.27 Å². The Balaban J connectivity index is 2.61. The van der Waals surface area contributed by atoms with Crippen molar-refractivity contribution in [1.82, 2.24) is 4.27 Å². The van der Waals surface area contributed by atoms with Crippen molar-refractivity contribution >= 4 is 20.1 Å². The zero-order valence-electron chi connectivity index (χ0n) is 2.81. The second kappa shape index (κ2) is 1.41. The molecule has 0 fully saturated rings. The SMILES string of the molecule is C1=C[NH][GeH]=[CH]1. The molecule has 0 bridgehead atoms. The van der Waals surface area contributed by atoms with E-state index in [0.717, 1.165) is 0 Å². The van der Waals surface area contributed by atoms with Gasteiger partial charge in [-0.15, -0.1) is 0 Å². The monoisotopic (exact) mass is 129 g/mol. The van der Waals surface area contributed by atoms with Crippen LogP contribution in [0.3, 0.4) is 0 Å². The fourth-order valence-electron chi connectivity index (χ4n) is 0.278. The Labute approximate surface area is 37.3 Å². The van der Waals surface area contributed by atoms with E-state index in [4.69, 9.17) is 0 Å². The van der Waals surface area contributed by atoms with Crippen LogP contribution in [0.1, 0.15) is 0 Å². The van der Waals surface area contributed by atoms with Crippen molar-refractivity contribution in [1.29, 1.82) is 0 Å². The van der Waals surface area contributed by atoms with Gasteiger partial charge in [0.25, 0.3) is 0 Å². The summed E-state index contributed by atoms with van der Waals surface area (Å²) in [5.74, 6) is 0. The fraction of sp³-hybridized carbons (Fsp3) is 0. The summed E-state index contributed by atoms with van der Waals surface area (Å²) in [5.41, 5.74) is 0. The molecule has 0 aromatic heterocycles. The average molecular weight is 128 g/mol. The van der Waals surface area contributed by atoms with Crippen molar-refractivity contribution in [2.45, 2.75) is 0 Å². The van der Waals surface area contributed by atoms with E-state index in [2.05, 4.69) is 15.2 Å². The van der Waals surface area contributed by atoms with Crippen LogP contribution in [0.15, 0.2) is 12.3 Å². The standard InChI is InChI=1S/C3H5GeN/c1-2-4-5-3-1/h1-5H. The molecule has 1 N–H and O–H groups in total. The molecule has 1 heterocycles. The third kappa shape index (κ3) is 0.615. The molecule has 1 aliphatic rings. The number of hydrogen-bond acceptors (Lipinski definition) is 1. The van der Waals surface area contributed by atoms with Crippen molar-refractivity contribution in [3.8, 4) is 0 Å². The van der Waals surface area contributed by atoms with Gasteiger partial charge < -0.3 is 0 Å². The van der Waals surface area contributed by atoms with Crippen LogP contribution in [0.5, 0.6) is 0 Å². The Bertz CT molecular complexity index is 65.0. The molecule has 0 unspecified atom stereocenters. The minimum absolute atomic E-state index is 0.0625. The first-order chi connectivity index (χ1) is 2.50. The van der Waals surface area contributed by atoms with Gasteiger partial charge in [-0.2, -0.15) is 0 Å². The zero-order chi connectivity index (χ0) is 3.54. The number of nitrogens with one attached hydrogen (secondary N) is 1. The van der Waals surface area contributed by atoms with Gasteiger partial charge in [0.15, 0.2) is 0 Å². The predicted molar refractivity (Wildman–Crippen MR) is 25.5 cm³/mol. The Morgan fingerprint density at radius 1 is 1.60 bits per heavy atom. The van der Waals surface area contributed by atoms with E-state index in [0.29, 0.717) is 0 Å². The van der Waals surface area contributed by atoms with Gasteiger partial charge in [-0.25, -0.2) is 0 Å². The van der Waals surface area contributed by atoms with E-state index in [1.54, 1.807) is 0 Å². The zero-order valence-corrected chi connectivity index (χ0v) is 5.23. The van der Waals surface area contributed by atoms with Gasteiger partial charge in [0.1, 0.15) is 0 Å². The third-order valence-corrected chi connectivity index (χ3v) is 2.17. The van der Waals surface area contributed by atoms with Gasteiger partial charge in [0.05, 0.1) is 0 Å². The maximum atomic E-state index is 3.14. The second-order valence-electron chi connectivity index (χ2n) is 0.885. The van der Waals surface area contributed by atoms with Crippen LogP contribution in [0.25, 0.3) is 0 Å². The molecular formula is C3H5GeN. The van der Waals surface area contributed by atoms with Crippen molar-refractivity contribution < 1.29 is 0 Å². The molecule has 0 amide bonds. The predicted octanol–water partition coefficient (Wildman–Crippen LogP) is -0.743. The second-order valence-corrected chi connectivity index (χ2v) is 3.09. The van der Waals surface area contributed by atoms with Crippen molar-refractivity contribution in [2.75, 3.05) is 0 Å². The summed E-state index contributed by atoms with van der Waals surface area (Å²) in [6.45, 7) is 0. The molecule has 0 saturated carbocycles. The van der Waals surface area contributed by atoms with Gasteiger partial charge in [0.2, 0.25) is 0 Å². The summed E-state index contributed by atoms with van der Waals surface area (Å²) in [5, 5.41) is 0. The van der Waals surface area contributed by atoms with E-state index in [9.17, 15) is 0 Å². The van der Waals surface area contributed by atoms with Gasteiger partial charge >= 0.3 is 36.6 Å². The molecule has 2 heteroatoms. The van der Waals surface area contributed by atoms with Crippen molar-refractivity contribution in [2.24, 2.45) is 0 Å². The topological polar surface area (TPSA) is 12.0 Å². The number of allylic oxidation sites excluding steroid dienone is 1. The van der Waals surface area contributed by atoms with E-state index in [1.165, 1.54) is 0 Å². The van der Waals surface area contributed by atoms with E-state index >= 15 is 0 Å². The van der Waals surface area contributed by atoms with Crippen LogP contribution in [-0.2, 0) is 0 Å². The first-order valence-electron chi connectivity index (χ1n) is 1.58. The third-order valence-electron chi connectivity index (χ3n) is 0.496. The molecule has 1 rings (SSSR count). The van der Waals surface area contributed by atoms with Crippen LogP contribution in [0, 0.1) is 0 Å². The van der Waals surface area contributed by atoms with Crippen molar-refractivity contribution in [3.63, 3.8) is 0 Å². The van der Waals surface area contributed by atoms with E-state index in [-0.39, 0.29) is 15.2 Å². The first-order valence-corrected chi connectivity index (χ1v) is 4.19. The molecule has 26 valence electrons. The quantitative estimate of drug-likeness (QED) is 0.423. The van der Waals surface area contributed by atoms with Gasteiger partial charge in [0, 0.05) is 0 Å². The van der Waals surface area contributed by atoms with E-state index in [1.807, 2.05) is 6.20 Å². The van der Waals surface area contributed by atoms with Gasteiger partial charge in [-0.1, -0.05) is 0 Å². The maximum absolute atomic E-state index is 3.14. The Kier molecular flexibility index (Phi) is 0.887. The van der Waals surface area contributed by atoms with Crippen LogP contribution in [0.2, 0.25) is 0 Å². The Morgan fingerprint density at radius 2 is 2.60 bits per heavy atom. The van der Waals surface area contributed by atoms with Crippen LogP contribution in [-0.4, -0.2) is 20.1 Å². The van der Waals surface area contributed by atoms with Gasteiger partial charge in [-0.3, -0.25) is 0 Å².